The molecule has 2 rings (SSSR count). The van der Waals surface area contributed by atoms with E-state index in [4.69, 9.17) is 0 Å². The second kappa shape index (κ2) is 7.48. The van der Waals surface area contributed by atoms with Crippen LogP contribution in [0.2, 0.25) is 0 Å². The lowest BCUT2D eigenvalue weighted by molar-refractivity contribution is -0.122. The van der Waals surface area contributed by atoms with Crippen molar-refractivity contribution in [3.63, 3.8) is 0 Å². The molecule has 0 fully saturated rings. The summed E-state index contributed by atoms with van der Waals surface area (Å²) < 4.78 is 40.7. The van der Waals surface area contributed by atoms with E-state index in [-0.39, 0.29) is 11.1 Å². The number of hydrogen-bond donors (Lipinski definition) is 2. The topological polar surface area (TPSA) is 58.2 Å². The maximum Gasteiger partial charge on any atom is 0.255 e. The zero-order chi connectivity index (χ0) is 17.9. The lowest BCUT2D eigenvalue weighted by Gasteiger charge is -2.18. The van der Waals surface area contributed by atoms with Crippen molar-refractivity contribution in [1.82, 2.24) is 10.6 Å². The van der Waals surface area contributed by atoms with Crippen LogP contribution in [0.3, 0.4) is 0 Å². The standard InChI is InChI=1S/C16H12BrF3N2O2/c1-21-16(24)14(8-2-4-12(19)13(20)6-8)22-15(23)10-7-9(17)3-5-11(10)18/h2-7,14H,1H3,(H,21,24)(H,22,23). The Morgan fingerprint density at radius 2 is 1.67 bits per heavy atom. The molecule has 1 atom stereocenters. The number of halogens is 4. The van der Waals surface area contributed by atoms with E-state index in [0.717, 1.165) is 24.3 Å². The van der Waals surface area contributed by atoms with Gasteiger partial charge in [-0.3, -0.25) is 9.59 Å². The van der Waals surface area contributed by atoms with Gasteiger partial charge in [0.25, 0.3) is 5.91 Å². The van der Waals surface area contributed by atoms with Crippen LogP contribution in [0.25, 0.3) is 0 Å². The molecule has 0 heterocycles. The summed E-state index contributed by atoms with van der Waals surface area (Å²) in [6.07, 6.45) is 0. The fourth-order valence-corrected chi connectivity index (χ4v) is 2.38. The number of hydrogen-bond acceptors (Lipinski definition) is 2. The Morgan fingerprint density at radius 3 is 2.29 bits per heavy atom. The molecule has 4 nitrogen and oxygen atoms in total. The van der Waals surface area contributed by atoms with Crippen LogP contribution in [0.15, 0.2) is 40.9 Å². The molecule has 0 aliphatic heterocycles. The zero-order valence-corrected chi connectivity index (χ0v) is 14.0. The molecule has 2 N–H and O–H groups in total. The second-order valence-corrected chi connectivity index (χ2v) is 5.73. The smallest absolute Gasteiger partial charge is 0.255 e. The van der Waals surface area contributed by atoms with Gasteiger partial charge in [-0.1, -0.05) is 22.0 Å². The lowest BCUT2D eigenvalue weighted by Crippen LogP contribution is -2.39. The number of carbonyl (C=O) groups excluding carboxylic acids is 2. The summed E-state index contributed by atoms with van der Waals surface area (Å²) in [6.45, 7) is 0. The van der Waals surface area contributed by atoms with Crippen LogP contribution >= 0.6 is 15.9 Å². The summed E-state index contributed by atoms with van der Waals surface area (Å²) in [7, 11) is 1.32. The Morgan fingerprint density at radius 1 is 1.00 bits per heavy atom. The first-order valence-corrected chi connectivity index (χ1v) is 7.55. The van der Waals surface area contributed by atoms with Crippen LogP contribution in [0.5, 0.6) is 0 Å². The van der Waals surface area contributed by atoms with Gasteiger partial charge in [-0.25, -0.2) is 13.2 Å². The van der Waals surface area contributed by atoms with Gasteiger partial charge >= 0.3 is 0 Å². The van der Waals surface area contributed by atoms with E-state index >= 15 is 0 Å². The van der Waals surface area contributed by atoms with Crippen molar-refractivity contribution in [2.75, 3.05) is 7.05 Å². The molecule has 8 heteroatoms. The minimum atomic E-state index is -1.31. The van der Waals surface area contributed by atoms with Crippen LogP contribution in [-0.4, -0.2) is 18.9 Å². The predicted octanol–water partition coefficient (Wildman–Crippen LogP) is 3.08. The van der Waals surface area contributed by atoms with Crippen molar-refractivity contribution >= 4 is 27.7 Å². The minimum Gasteiger partial charge on any atom is -0.357 e. The zero-order valence-electron chi connectivity index (χ0n) is 12.4. The molecule has 2 amide bonds. The third-order valence-electron chi connectivity index (χ3n) is 3.23. The molecule has 0 aliphatic carbocycles. The van der Waals surface area contributed by atoms with E-state index in [0.29, 0.717) is 4.47 Å². The van der Waals surface area contributed by atoms with E-state index in [1.54, 1.807) is 0 Å². The predicted molar refractivity (Wildman–Crippen MR) is 84.7 cm³/mol. The molecule has 2 aromatic carbocycles. The maximum atomic E-state index is 13.8. The number of nitrogens with one attached hydrogen (secondary N) is 2. The molecule has 0 radical (unpaired) electrons. The molecule has 0 bridgehead atoms. The van der Waals surface area contributed by atoms with Crippen molar-refractivity contribution < 1.29 is 22.8 Å². The van der Waals surface area contributed by atoms with Gasteiger partial charge < -0.3 is 10.6 Å². The Hall–Kier alpha value is -2.35. The van der Waals surface area contributed by atoms with E-state index in [1.807, 2.05) is 0 Å². The highest BCUT2D eigenvalue weighted by Crippen LogP contribution is 2.20. The minimum absolute atomic E-state index is 0.0250. The number of carbonyl (C=O) groups is 2. The molecule has 24 heavy (non-hydrogen) atoms. The fraction of sp³-hybridized carbons (Fsp3) is 0.125. The van der Waals surface area contributed by atoms with Crippen molar-refractivity contribution in [3.05, 3.63) is 69.4 Å². The van der Waals surface area contributed by atoms with Crippen LogP contribution in [0.1, 0.15) is 22.0 Å². The highest BCUT2D eigenvalue weighted by Gasteiger charge is 2.25. The SMILES string of the molecule is CNC(=O)C(NC(=O)c1cc(Br)ccc1F)c1ccc(F)c(F)c1. The van der Waals surface area contributed by atoms with Crippen molar-refractivity contribution in [2.24, 2.45) is 0 Å². The maximum absolute atomic E-state index is 13.8. The van der Waals surface area contributed by atoms with Gasteiger partial charge in [0, 0.05) is 11.5 Å². The largest absolute Gasteiger partial charge is 0.357 e. The number of rotatable bonds is 4. The summed E-state index contributed by atoms with van der Waals surface area (Å²) >= 11 is 3.12. The average Bonchev–Trinajstić information content (AvgIpc) is 2.56. The summed E-state index contributed by atoms with van der Waals surface area (Å²) in [5.74, 6) is -4.56. The molecular formula is C16H12BrF3N2O2. The molecular weight excluding hydrogens is 389 g/mol. The van der Waals surface area contributed by atoms with Gasteiger partial charge in [-0.2, -0.15) is 0 Å². The molecule has 0 saturated carbocycles. The molecule has 0 saturated heterocycles. The van der Waals surface area contributed by atoms with Gasteiger partial charge in [0.15, 0.2) is 11.6 Å². The van der Waals surface area contributed by atoms with Crippen molar-refractivity contribution in [1.29, 1.82) is 0 Å². The number of amides is 2. The molecule has 1 unspecified atom stereocenters. The quantitative estimate of drug-likeness (QED) is 0.828. The highest BCUT2D eigenvalue weighted by atomic mass is 79.9. The Balaban J connectivity index is 2.35. The Bertz CT molecular complexity index is 799. The van der Waals surface area contributed by atoms with Crippen molar-refractivity contribution in [3.8, 4) is 0 Å². The number of benzene rings is 2. The Labute approximate surface area is 144 Å². The monoisotopic (exact) mass is 400 g/mol. The second-order valence-electron chi connectivity index (χ2n) is 4.82. The third kappa shape index (κ3) is 3.94. The van der Waals surface area contributed by atoms with Gasteiger partial charge in [-0.05, 0) is 35.9 Å². The normalized spacial score (nSPS) is 11.7. The first-order valence-electron chi connectivity index (χ1n) is 6.76. The van der Waals surface area contributed by atoms with E-state index in [1.165, 1.54) is 19.2 Å². The summed E-state index contributed by atoms with van der Waals surface area (Å²) in [5.41, 5.74) is -0.266. The van der Waals surface area contributed by atoms with Crippen LogP contribution in [0.4, 0.5) is 13.2 Å². The molecule has 0 aromatic heterocycles. The first-order chi connectivity index (χ1) is 11.3. The fourth-order valence-electron chi connectivity index (χ4n) is 2.02. The van der Waals surface area contributed by atoms with E-state index in [2.05, 4.69) is 26.6 Å². The highest BCUT2D eigenvalue weighted by molar-refractivity contribution is 9.10. The van der Waals surface area contributed by atoms with E-state index < -0.39 is 35.3 Å². The lowest BCUT2D eigenvalue weighted by atomic mass is 10.0. The van der Waals surface area contributed by atoms with E-state index in [9.17, 15) is 22.8 Å². The summed E-state index contributed by atoms with van der Waals surface area (Å²) in [4.78, 5) is 24.2. The molecule has 0 aliphatic rings. The van der Waals surface area contributed by atoms with Gasteiger partial charge in [0.2, 0.25) is 5.91 Å². The van der Waals surface area contributed by atoms with Gasteiger partial charge in [-0.15, -0.1) is 0 Å². The Kier molecular flexibility index (Phi) is 5.61. The summed E-state index contributed by atoms with van der Waals surface area (Å²) in [5, 5.41) is 4.62. The van der Waals surface area contributed by atoms with Crippen LogP contribution < -0.4 is 10.6 Å². The molecule has 0 spiro atoms. The first kappa shape index (κ1) is 18.0. The van der Waals surface area contributed by atoms with Gasteiger partial charge in [0.05, 0.1) is 5.56 Å². The summed E-state index contributed by atoms with van der Waals surface area (Å²) in [6, 6.07) is 5.24. The van der Waals surface area contributed by atoms with Crippen LogP contribution in [0, 0.1) is 17.5 Å². The van der Waals surface area contributed by atoms with Crippen molar-refractivity contribution in [2.45, 2.75) is 6.04 Å². The van der Waals surface area contributed by atoms with Crippen LogP contribution in [-0.2, 0) is 4.79 Å². The van der Waals surface area contributed by atoms with Gasteiger partial charge in [0.1, 0.15) is 11.9 Å². The third-order valence-corrected chi connectivity index (χ3v) is 3.73. The number of likely N-dealkylation sites (N-methyl/N-ethyl adjacent to an activating group) is 1. The molecule has 2 aromatic rings. The molecule has 126 valence electrons. The average molecular weight is 401 g/mol.